The van der Waals surface area contributed by atoms with E-state index in [1.807, 2.05) is 54.9 Å². The van der Waals surface area contributed by atoms with E-state index in [9.17, 15) is 18.0 Å². The number of alkyl halides is 3. The lowest BCUT2D eigenvalue weighted by Crippen LogP contribution is -3.08. The van der Waals surface area contributed by atoms with Gasteiger partial charge in [0.25, 0.3) is 5.91 Å². The highest BCUT2D eigenvalue weighted by molar-refractivity contribution is 7.10. The Morgan fingerprint density at radius 3 is 2.31 bits per heavy atom. The van der Waals surface area contributed by atoms with Gasteiger partial charge >= 0.3 is 6.18 Å². The molecule has 2 N–H and O–H groups in total. The summed E-state index contributed by atoms with van der Waals surface area (Å²) in [6.07, 6.45) is -4.34. The van der Waals surface area contributed by atoms with Crippen molar-refractivity contribution in [2.45, 2.75) is 18.8 Å². The van der Waals surface area contributed by atoms with Gasteiger partial charge in [0.15, 0.2) is 6.54 Å². The van der Waals surface area contributed by atoms with Gasteiger partial charge in [-0.3, -0.25) is 4.79 Å². The molecule has 0 saturated heterocycles. The third-order valence-electron chi connectivity index (χ3n) is 4.52. The number of benzene rings is 2. The molecule has 0 radical (unpaired) electrons. The summed E-state index contributed by atoms with van der Waals surface area (Å²) in [5, 5.41) is 5.05. The molecule has 0 aliphatic heterocycles. The van der Waals surface area contributed by atoms with Crippen molar-refractivity contribution in [3.8, 4) is 0 Å². The van der Waals surface area contributed by atoms with Crippen molar-refractivity contribution in [1.82, 2.24) is 5.32 Å². The van der Waals surface area contributed by atoms with E-state index >= 15 is 0 Å². The largest absolute Gasteiger partial charge is 0.416 e. The summed E-state index contributed by atoms with van der Waals surface area (Å²) < 4.78 is 38.0. The number of nitrogens with one attached hydrogen (secondary N) is 2. The Kier molecular flexibility index (Phi) is 6.71. The van der Waals surface area contributed by atoms with Gasteiger partial charge in [0.05, 0.1) is 18.7 Å². The molecule has 1 amide bonds. The predicted octanol–water partition coefficient (Wildman–Crippen LogP) is 3.69. The molecule has 29 heavy (non-hydrogen) atoms. The summed E-state index contributed by atoms with van der Waals surface area (Å²) in [5.74, 6) is -0.114. The van der Waals surface area contributed by atoms with Gasteiger partial charge in [-0.25, -0.2) is 0 Å². The van der Waals surface area contributed by atoms with Crippen molar-refractivity contribution in [1.29, 1.82) is 0 Å². The number of carbonyl (C=O) groups is 1. The minimum atomic E-state index is -4.34. The normalized spacial score (nSPS) is 13.7. The van der Waals surface area contributed by atoms with Gasteiger partial charge in [-0.05, 0) is 29.1 Å². The van der Waals surface area contributed by atoms with Crippen LogP contribution in [-0.4, -0.2) is 19.5 Å². The van der Waals surface area contributed by atoms with Crippen molar-refractivity contribution in [2.75, 3.05) is 13.6 Å². The van der Waals surface area contributed by atoms with Crippen LogP contribution in [0.4, 0.5) is 13.2 Å². The van der Waals surface area contributed by atoms with Gasteiger partial charge in [-0.2, -0.15) is 13.2 Å². The second kappa shape index (κ2) is 9.24. The number of hydrogen-bond acceptors (Lipinski definition) is 2. The number of hydrogen-bond donors (Lipinski definition) is 2. The number of halogens is 3. The van der Waals surface area contributed by atoms with E-state index < -0.39 is 11.7 Å². The molecular formula is C22H22F3N2OS+. The maximum atomic E-state index is 12.7. The first-order valence-corrected chi connectivity index (χ1v) is 10.1. The van der Waals surface area contributed by atoms with Crippen LogP contribution in [0.1, 0.15) is 27.6 Å². The summed E-state index contributed by atoms with van der Waals surface area (Å²) in [6.45, 7) is 0.677. The highest BCUT2D eigenvalue weighted by atomic mass is 32.1. The van der Waals surface area contributed by atoms with Gasteiger partial charge in [-0.1, -0.05) is 48.5 Å². The standard InChI is InChI=1S/C22H21F3N2OS/c1-27(14-16-9-11-18(12-10-16)22(23,24)25)15-20(28)26-21(19-8-5-13-29-19)17-6-3-2-4-7-17/h2-13,21H,14-15H2,1H3,(H,26,28)/p+1/t21-/m1/s1. The molecule has 3 aromatic rings. The average molecular weight is 419 g/mol. The number of thiophene rings is 1. The number of rotatable bonds is 7. The minimum absolute atomic E-state index is 0.114. The molecule has 2 aromatic carbocycles. The van der Waals surface area contributed by atoms with E-state index in [0.717, 1.165) is 33.0 Å². The maximum absolute atomic E-state index is 12.7. The quantitative estimate of drug-likeness (QED) is 0.602. The molecular weight excluding hydrogens is 397 g/mol. The first kappa shape index (κ1) is 21.1. The monoisotopic (exact) mass is 419 g/mol. The molecule has 0 fully saturated rings. The number of carbonyl (C=O) groups excluding carboxylic acids is 1. The first-order chi connectivity index (χ1) is 13.8. The number of quaternary nitrogens is 1. The maximum Gasteiger partial charge on any atom is 0.416 e. The van der Waals surface area contributed by atoms with Crippen LogP contribution >= 0.6 is 11.3 Å². The molecule has 1 unspecified atom stereocenters. The summed E-state index contributed by atoms with van der Waals surface area (Å²) in [6, 6.07) is 18.5. The lowest BCUT2D eigenvalue weighted by atomic mass is 10.1. The average Bonchev–Trinajstić information content (AvgIpc) is 3.21. The highest BCUT2D eigenvalue weighted by Gasteiger charge is 2.30. The number of amides is 1. The molecule has 0 aliphatic carbocycles. The van der Waals surface area contributed by atoms with Gasteiger partial charge in [0, 0.05) is 10.4 Å². The highest BCUT2D eigenvalue weighted by Crippen LogP contribution is 2.29. The number of likely N-dealkylation sites (N-methyl/N-ethyl adjacent to an activating group) is 1. The van der Waals surface area contributed by atoms with Gasteiger partial charge < -0.3 is 10.2 Å². The molecule has 7 heteroatoms. The van der Waals surface area contributed by atoms with Crippen LogP contribution in [-0.2, 0) is 17.5 Å². The molecule has 1 heterocycles. The van der Waals surface area contributed by atoms with Crippen molar-refractivity contribution in [2.24, 2.45) is 0 Å². The smallest absolute Gasteiger partial charge is 0.339 e. The topological polar surface area (TPSA) is 33.5 Å². The van der Waals surface area contributed by atoms with Gasteiger partial charge in [0.2, 0.25) is 0 Å². The van der Waals surface area contributed by atoms with Crippen LogP contribution in [0.5, 0.6) is 0 Å². The fourth-order valence-electron chi connectivity index (χ4n) is 3.13. The fourth-order valence-corrected chi connectivity index (χ4v) is 3.93. The first-order valence-electron chi connectivity index (χ1n) is 9.18. The van der Waals surface area contributed by atoms with E-state index in [4.69, 9.17) is 0 Å². The van der Waals surface area contributed by atoms with Crippen molar-refractivity contribution in [3.05, 3.63) is 93.7 Å². The minimum Gasteiger partial charge on any atom is -0.339 e. The Morgan fingerprint density at radius 2 is 1.72 bits per heavy atom. The zero-order valence-corrected chi connectivity index (χ0v) is 16.7. The van der Waals surface area contributed by atoms with E-state index in [0.29, 0.717) is 6.54 Å². The van der Waals surface area contributed by atoms with Crippen molar-refractivity contribution >= 4 is 17.2 Å². The molecule has 0 saturated carbocycles. The summed E-state index contributed by atoms with van der Waals surface area (Å²) in [4.78, 5) is 14.6. The van der Waals surface area contributed by atoms with Gasteiger partial charge in [0.1, 0.15) is 6.54 Å². The van der Waals surface area contributed by atoms with E-state index in [1.54, 1.807) is 11.3 Å². The van der Waals surface area contributed by atoms with E-state index in [1.165, 1.54) is 12.1 Å². The predicted molar refractivity (Wildman–Crippen MR) is 108 cm³/mol. The molecule has 0 spiro atoms. The molecule has 3 rings (SSSR count). The Labute approximate surface area is 171 Å². The Morgan fingerprint density at radius 1 is 1.03 bits per heavy atom. The van der Waals surface area contributed by atoms with Gasteiger partial charge in [-0.15, -0.1) is 11.3 Å². The van der Waals surface area contributed by atoms with Crippen LogP contribution in [0.25, 0.3) is 0 Å². The van der Waals surface area contributed by atoms with Crippen LogP contribution < -0.4 is 10.2 Å². The van der Waals surface area contributed by atoms with Crippen LogP contribution in [0, 0.1) is 0 Å². The van der Waals surface area contributed by atoms with Crippen LogP contribution in [0.15, 0.2) is 72.1 Å². The third kappa shape index (κ3) is 5.92. The van der Waals surface area contributed by atoms with Crippen LogP contribution in [0.2, 0.25) is 0 Å². The van der Waals surface area contributed by atoms with Crippen molar-refractivity contribution < 1.29 is 22.9 Å². The third-order valence-corrected chi connectivity index (χ3v) is 5.45. The summed E-state index contributed by atoms with van der Waals surface area (Å²) >= 11 is 1.58. The molecule has 0 bridgehead atoms. The zero-order valence-electron chi connectivity index (χ0n) is 15.9. The Balaban J connectivity index is 1.61. The zero-order chi connectivity index (χ0) is 20.9. The van der Waals surface area contributed by atoms with Crippen molar-refractivity contribution in [3.63, 3.8) is 0 Å². The lowest BCUT2D eigenvalue weighted by Gasteiger charge is -2.20. The van der Waals surface area contributed by atoms with Crippen LogP contribution in [0.3, 0.4) is 0 Å². The fraction of sp³-hybridized carbons (Fsp3) is 0.227. The summed E-state index contributed by atoms with van der Waals surface area (Å²) in [7, 11) is 1.85. The molecule has 0 aliphatic rings. The molecule has 3 nitrogen and oxygen atoms in total. The molecule has 2 atom stereocenters. The second-order valence-corrected chi connectivity index (χ2v) is 7.91. The molecule has 152 valence electrons. The Bertz CT molecular complexity index is 909. The SMILES string of the molecule is C[NH+](CC(=O)N[C@H](c1ccccc1)c1cccs1)Cc1ccc(C(F)(F)F)cc1. The summed E-state index contributed by atoms with van der Waals surface area (Å²) in [5.41, 5.74) is 1.09. The Hall–Kier alpha value is -2.64. The molecule has 1 aromatic heterocycles. The van der Waals surface area contributed by atoms with E-state index in [-0.39, 0.29) is 18.5 Å². The van der Waals surface area contributed by atoms with E-state index in [2.05, 4.69) is 5.32 Å². The second-order valence-electron chi connectivity index (χ2n) is 6.93. The lowest BCUT2D eigenvalue weighted by molar-refractivity contribution is -0.885.